The number of methoxy groups -OCH3 is 1. The average molecular weight is 284 g/mol. The van der Waals surface area contributed by atoms with E-state index in [0.717, 1.165) is 30.6 Å². The van der Waals surface area contributed by atoms with Crippen LogP contribution in [0.15, 0.2) is 48.8 Å². The minimum Gasteiger partial charge on any atom is -0.469 e. The third-order valence-electron chi connectivity index (χ3n) is 3.34. The van der Waals surface area contributed by atoms with Gasteiger partial charge in [0.1, 0.15) is 0 Å². The van der Waals surface area contributed by atoms with Gasteiger partial charge in [0.2, 0.25) is 0 Å². The number of aromatic nitrogens is 1. The molecule has 2 aromatic rings. The molecule has 1 N–H and O–H groups in total. The zero-order chi connectivity index (χ0) is 14.9. The van der Waals surface area contributed by atoms with E-state index in [9.17, 15) is 4.79 Å². The molecule has 0 saturated carbocycles. The van der Waals surface area contributed by atoms with Gasteiger partial charge in [-0.2, -0.15) is 0 Å². The number of ether oxygens (including phenoxy) is 1. The van der Waals surface area contributed by atoms with Crippen LogP contribution in [0.4, 0.5) is 0 Å². The van der Waals surface area contributed by atoms with Gasteiger partial charge in [-0.3, -0.25) is 9.78 Å². The van der Waals surface area contributed by atoms with E-state index in [2.05, 4.69) is 10.3 Å². The zero-order valence-electron chi connectivity index (χ0n) is 12.2. The molecule has 110 valence electrons. The second-order valence-corrected chi connectivity index (χ2v) is 4.80. The first-order valence-corrected chi connectivity index (χ1v) is 7.03. The fourth-order valence-corrected chi connectivity index (χ4v) is 2.14. The minimum atomic E-state index is -0.209. The van der Waals surface area contributed by atoms with Gasteiger partial charge in [0.05, 0.1) is 13.5 Å². The van der Waals surface area contributed by atoms with Crippen molar-refractivity contribution in [3.8, 4) is 0 Å². The highest BCUT2D eigenvalue weighted by atomic mass is 16.5. The Morgan fingerprint density at radius 1 is 1.14 bits per heavy atom. The summed E-state index contributed by atoms with van der Waals surface area (Å²) >= 11 is 0. The molecule has 0 bridgehead atoms. The standard InChI is InChI=1S/C17H20N2O2/c1-21-17(20)12-15-4-2-3-5-16(15)13-19-11-8-14-6-9-18-10-7-14/h2-7,9-10,19H,8,11-13H2,1H3. The SMILES string of the molecule is COC(=O)Cc1ccccc1CNCCc1ccncc1. The molecule has 0 radical (unpaired) electrons. The van der Waals surface area contributed by atoms with E-state index in [1.165, 1.54) is 12.7 Å². The van der Waals surface area contributed by atoms with Gasteiger partial charge in [-0.25, -0.2) is 0 Å². The molecule has 1 heterocycles. The molecule has 0 aliphatic heterocycles. The number of carbonyl (C=O) groups is 1. The van der Waals surface area contributed by atoms with Crippen molar-refractivity contribution in [3.63, 3.8) is 0 Å². The molecular formula is C17H20N2O2. The predicted octanol–water partition coefficient (Wildman–Crippen LogP) is 2.13. The molecule has 0 fully saturated rings. The number of nitrogens with one attached hydrogen (secondary N) is 1. The fraction of sp³-hybridized carbons (Fsp3) is 0.294. The van der Waals surface area contributed by atoms with Crippen LogP contribution in [0.3, 0.4) is 0 Å². The van der Waals surface area contributed by atoms with Crippen molar-refractivity contribution in [1.29, 1.82) is 0 Å². The van der Waals surface area contributed by atoms with E-state index in [4.69, 9.17) is 4.74 Å². The molecule has 2 rings (SSSR count). The van der Waals surface area contributed by atoms with E-state index < -0.39 is 0 Å². The summed E-state index contributed by atoms with van der Waals surface area (Å²) in [6, 6.07) is 12.0. The third kappa shape index (κ3) is 5.00. The summed E-state index contributed by atoms with van der Waals surface area (Å²) in [5.74, 6) is -0.209. The largest absolute Gasteiger partial charge is 0.469 e. The van der Waals surface area contributed by atoms with E-state index in [1.807, 2.05) is 36.4 Å². The molecule has 4 nitrogen and oxygen atoms in total. The van der Waals surface area contributed by atoms with E-state index in [1.54, 1.807) is 12.4 Å². The summed E-state index contributed by atoms with van der Waals surface area (Å²) in [5, 5.41) is 3.41. The lowest BCUT2D eigenvalue weighted by Gasteiger charge is -2.10. The summed E-state index contributed by atoms with van der Waals surface area (Å²) in [5.41, 5.74) is 3.42. The summed E-state index contributed by atoms with van der Waals surface area (Å²) in [6.45, 7) is 1.63. The van der Waals surface area contributed by atoms with Gasteiger partial charge >= 0.3 is 5.97 Å². The molecule has 0 aliphatic carbocycles. The van der Waals surface area contributed by atoms with Crippen molar-refractivity contribution in [2.24, 2.45) is 0 Å². The van der Waals surface area contributed by atoms with Crippen LogP contribution in [0.2, 0.25) is 0 Å². The topological polar surface area (TPSA) is 51.2 Å². The molecule has 0 spiro atoms. The lowest BCUT2D eigenvalue weighted by Crippen LogP contribution is -2.18. The van der Waals surface area contributed by atoms with Crippen molar-refractivity contribution in [3.05, 3.63) is 65.5 Å². The van der Waals surface area contributed by atoms with Crippen molar-refractivity contribution >= 4 is 5.97 Å². The Kier molecular flexibility index (Phi) is 5.91. The Balaban J connectivity index is 1.84. The highest BCUT2D eigenvalue weighted by Gasteiger charge is 2.07. The molecule has 21 heavy (non-hydrogen) atoms. The maximum atomic E-state index is 11.4. The minimum absolute atomic E-state index is 0.209. The van der Waals surface area contributed by atoms with Crippen LogP contribution in [0, 0.1) is 0 Å². The molecule has 0 unspecified atom stereocenters. The van der Waals surface area contributed by atoms with E-state index in [-0.39, 0.29) is 5.97 Å². The van der Waals surface area contributed by atoms with Crippen molar-refractivity contribution < 1.29 is 9.53 Å². The summed E-state index contributed by atoms with van der Waals surface area (Å²) in [7, 11) is 1.41. The maximum absolute atomic E-state index is 11.4. The Hall–Kier alpha value is -2.20. The van der Waals surface area contributed by atoms with Gasteiger partial charge < -0.3 is 10.1 Å². The van der Waals surface area contributed by atoms with Crippen LogP contribution < -0.4 is 5.32 Å². The second-order valence-electron chi connectivity index (χ2n) is 4.80. The highest BCUT2D eigenvalue weighted by Crippen LogP contribution is 2.10. The number of hydrogen-bond acceptors (Lipinski definition) is 4. The first-order valence-electron chi connectivity index (χ1n) is 7.03. The van der Waals surface area contributed by atoms with Crippen molar-refractivity contribution in [2.75, 3.05) is 13.7 Å². The van der Waals surface area contributed by atoms with Gasteiger partial charge in [0.25, 0.3) is 0 Å². The average Bonchev–Trinajstić information content (AvgIpc) is 2.54. The molecule has 0 amide bonds. The summed E-state index contributed by atoms with van der Waals surface area (Å²) in [4.78, 5) is 15.4. The molecular weight excluding hydrogens is 264 g/mol. The Bertz CT molecular complexity index is 570. The molecule has 0 atom stereocenters. The van der Waals surface area contributed by atoms with Crippen LogP contribution in [0.25, 0.3) is 0 Å². The molecule has 1 aromatic heterocycles. The molecule has 1 aromatic carbocycles. The summed E-state index contributed by atoms with van der Waals surface area (Å²) < 4.78 is 4.73. The quantitative estimate of drug-likeness (QED) is 0.625. The fourth-order valence-electron chi connectivity index (χ4n) is 2.14. The lowest BCUT2D eigenvalue weighted by atomic mass is 10.0. The van der Waals surface area contributed by atoms with Gasteiger partial charge in [-0.15, -0.1) is 0 Å². The first kappa shape index (κ1) is 15.2. The Labute approximate surface area is 125 Å². The number of carbonyl (C=O) groups excluding carboxylic acids is 1. The second kappa shape index (κ2) is 8.17. The van der Waals surface area contributed by atoms with Gasteiger partial charge in [-0.05, 0) is 41.8 Å². The number of pyridine rings is 1. The Morgan fingerprint density at radius 2 is 1.86 bits per heavy atom. The number of hydrogen-bond donors (Lipinski definition) is 1. The summed E-state index contributed by atoms with van der Waals surface area (Å²) in [6.07, 6.45) is 4.89. The highest BCUT2D eigenvalue weighted by molar-refractivity contribution is 5.72. The van der Waals surface area contributed by atoms with Crippen molar-refractivity contribution in [1.82, 2.24) is 10.3 Å². The van der Waals surface area contributed by atoms with E-state index in [0.29, 0.717) is 6.42 Å². The van der Waals surface area contributed by atoms with Crippen LogP contribution in [0.1, 0.15) is 16.7 Å². The van der Waals surface area contributed by atoms with E-state index >= 15 is 0 Å². The predicted molar refractivity (Wildman–Crippen MR) is 81.8 cm³/mol. The monoisotopic (exact) mass is 284 g/mol. The maximum Gasteiger partial charge on any atom is 0.309 e. The smallest absolute Gasteiger partial charge is 0.309 e. The van der Waals surface area contributed by atoms with Gasteiger partial charge in [-0.1, -0.05) is 24.3 Å². The van der Waals surface area contributed by atoms with Crippen LogP contribution in [-0.4, -0.2) is 24.6 Å². The van der Waals surface area contributed by atoms with Crippen LogP contribution in [0.5, 0.6) is 0 Å². The lowest BCUT2D eigenvalue weighted by molar-refractivity contribution is -0.139. The number of rotatable bonds is 7. The molecule has 0 saturated heterocycles. The molecule has 0 aliphatic rings. The molecule has 4 heteroatoms. The number of nitrogens with zero attached hydrogens (tertiary/aromatic N) is 1. The van der Waals surface area contributed by atoms with Crippen LogP contribution in [-0.2, 0) is 28.9 Å². The Morgan fingerprint density at radius 3 is 2.57 bits per heavy atom. The van der Waals surface area contributed by atoms with Crippen molar-refractivity contribution in [2.45, 2.75) is 19.4 Å². The third-order valence-corrected chi connectivity index (χ3v) is 3.34. The first-order chi connectivity index (χ1) is 10.3. The van der Waals surface area contributed by atoms with Gasteiger partial charge in [0, 0.05) is 18.9 Å². The normalized spacial score (nSPS) is 10.3. The van der Waals surface area contributed by atoms with Crippen LogP contribution >= 0.6 is 0 Å². The zero-order valence-corrected chi connectivity index (χ0v) is 12.2. The number of esters is 1. The number of benzene rings is 1. The van der Waals surface area contributed by atoms with Gasteiger partial charge in [0.15, 0.2) is 0 Å².